The van der Waals surface area contributed by atoms with Gasteiger partial charge in [-0.1, -0.05) is 17.7 Å². The van der Waals surface area contributed by atoms with E-state index in [2.05, 4.69) is 4.98 Å². The molecule has 5 nitrogen and oxygen atoms in total. The fraction of sp³-hybridized carbons (Fsp3) is 0.267. The molecule has 1 aliphatic heterocycles. The smallest absolute Gasteiger partial charge is 0.273 e. The second-order valence-corrected chi connectivity index (χ2v) is 6.12. The van der Waals surface area contributed by atoms with Crippen LogP contribution in [0.2, 0.25) is 5.02 Å². The average Bonchev–Trinajstić information content (AvgIpc) is 3.08. The van der Waals surface area contributed by atoms with E-state index in [1.165, 1.54) is 11.3 Å². The summed E-state index contributed by atoms with van der Waals surface area (Å²) in [5.41, 5.74) is 2.69. The summed E-state index contributed by atoms with van der Waals surface area (Å²) in [5.74, 6) is -0.126. The fourth-order valence-corrected chi connectivity index (χ4v) is 3.11. The van der Waals surface area contributed by atoms with E-state index in [0.717, 1.165) is 0 Å². The van der Waals surface area contributed by atoms with Gasteiger partial charge >= 0.3 is 0 Å². The maximum Gasteiger partial charge on any atom is 0.273 e. The van der Waals surface area contributed by atoms with Gasteiger partial charge in [-0.25, -0.2) is 4.98 Å². The standard InChI is InChI=1S/C15H14ClN3O2S/c16-12-3-1-2-11(8-12)14(20)18-4-6-19(7-5-18)15(21)13-9-22-10-17-13/h1-3,8-10H,4-7H2. The van der Waals surface area contributed by atoms with Crippen LogP contribution in [0.1, 0.15) is 20.8 Å². The summed E-state index contributed by atoms with van der Waals surface area (Å²) in [6.07, 6.45) is 0. The van der Waals surface area contributed by atoms with Gasteiger partial charge in [-0.05, 0) is 18.2 Å². The van der Waals surface area contributed by atoms with Crippen molar-refractivity contribution in [2.24, 2.45) is 0 Å². The molecule has 0 atom stereocenters. The maximum atomic E-state index is 12.4. The lowest BCUT2D eigenvalue weighted by Crippen LogP contribution is -2.50. The Morgan fingerprint density at radius 2 is 1.77 bits per heavy atom. The van der Waals surface area contributed by atoms with Gasteiger partial charge in [0.2, 0.25) is 0 Å². The number of benzene rings is 1. The normalized spacial score (nSPS) is 15.0. The summed E-state index contributed by atoms with van der Waals surface area (Å²) in [7, 11) is 0. The minimum atomic E-state index is -0.0731. The van der Waals surface area contributed by atoms with Gasteiger partial charge in [-0.2, -0.15) is 0 Å². The molecule has 1 aliphatic rings. The Kier molecular flexibility index (Phi) is 4.40. The van der Waals surface area contributed by atoms with Crippen LogP contribution < -0.4 is 0 Å². The summed E-state index contributed by atoms with van der Waals surface area (Å²) < 4.78 is 0. The molecule has 114 valence electrons. The van der Waals surface area contributed by atoms with E-state index in [0.29, 0.717) is 42.5 Å². The molecule has 3 rings (SSSR count). The predicted octanol–water partition coefficient (Wildman–Crippen LogP) is 2.39. The van der Waals surface area contributed by atoms with Crippen molar-refractivity contribution < 1.29 is 9.59 Å². The Bertz CT molecular complexity index is 682. The van der Waals surface area contributed by atoms with Crippen molar-refractivity contribution in [1.82, 2.24) is 14.8 Å². The molecule has 7 heteroatoms. The van der Waals surface area contributed by atoms with Gasteiger partial charge in [0, 0.05) is 42.1 Å². The highest BCUT2D eigenvalue weighted by Crippen LogP contribution is 2.15. The zero-order chi connectivity index (χ0) is 15.5. The molecule has 0 bridgehead atoms. The third kappa shape index (κ3) is 3.13. The highest BCUT2D eigenvalue weighted by molar-refractivity contribution is 7.07. The van der Waals surface area contributed by atoms with E-state index < -0.39 is 0 Å². The summed E-state index contributed by atoms with van der Waals surface area (Å²) in [5, 5.41) is 2.29. The van der Waals surface area contributed by atoms with Crippen LogP contribution in [-0.4, -0.2) is 52.8 Å². The van der Waals surface area contributed by atoms with Gasteiger partial charge in [0.05, 0.1) is 5.51 Å². The molecule has 0 radical (unpaired) electrons. The van der Waals surface area contributed by atoms with Crippen molar-refractivity contribution in [2.45, 2.75) is 0 Å². The molecule has 22 heavy (non-hydrogen) atoms. The monoisotopic (exact) mass is 335 g/mol. The summed E-state index contributed by atoms with van der Waals surface area (Å²) in [6, 6.07) is 6.91. The van der Waals surface area contributed by atoms with Crippen LogP contribution in [0.25, 0.3) is 0 Å². The van der Waals surface area contributed by atoms with Crippen LogP contribution >= 0.6 is 22.9 Å². The largest absolute Gasteiger partial charge is 0.335 e. The third-order valence-corrected chi connectivity index (χ3v) is 4.40. The lowest BCUT2D eigenvalue weighted by molar-refractivity contribution is 0.0533. The second-order valence-electron chi connectivity index (χ2n) is 4.97. The number of aromatic nitrogens is 1. The van der Waals surface area contributed by atoms with Gasteiger partial charge < -0.3 is 9.80 Å². The first-order valence-electron chi connectivity index (χ1n) is 6.87. The first-order valence-corrected chi connectivity index (χ1v) is 8.19. The topological polar surface area (TPSA) is 53.5 Å². The van der Waals surface area contributed by atoms with Crippen molar-refractivity contribution in [3.63, 3.8) is 0 Å². The average molecular weight is 336 g/mol. The zero-order valence-electron chi connectivity index (χ0n) is 11.7. The SMILES string of the molecule is O=C(c1cccc(Cl)c1)N1CCN(C(=O)c2cscn2)CC1. The molecular weight excluding hydrogens is 322 g/mol. The Morgan fingerprint density at radius 3 is 2.36 bits per heavy atom. The molecule has 0 saturated carbocycles. The molecule has 1 aromatic carbocycles. The second kappa shape index (κ2) is 6.46. The number of thiazole rings is 1. The number of hydrogen-bond donors (Lipinski definition) is 0. The summed E-state index contributed by atoms with van der Waals surface area (Å²) >= 11 is 7.32. The third-order valence-electron chi connectivity index (χ3n) is 3.58. The maximum absolute atomic E-state index is 12.4. The van der Waals surface area contributed by atoms with Crippen molar-refractivity contribution >= 4 is 34.8 Å². The van der Waals surface area contributed by atoms with Crippen molar-refractivity contribution in [1.29, 1.82) is 0 Å². The summed E-state index contributed by atoms with van der Waals surface area (Å²) in [6.45, 7) is 2.06. The van der Waals surface area contributed by atoms with Crippen molar-refractivity contribution in [3.05, 3.63) is 51.4 Å². The van der Waals surface area contributed by atoms with E-state index in [1.54, 1.807) is 45.0 Å². The van der Waals surface area contributed by atoms with E-state index in [9.17, 15) is 9.59 Å². The number of carbonyl (C=O) groups is 2. The molecule has 2 aromatic rings. The van der Waals surface area contributed by atoms with E-state index in [-0.39, 0.29) is 11.8 Å². The van der Waals surface area contributed by atoms with Gasteiger partial charge in [0.15, 0.2) is 0 Å². The fourth-order valence-electron chi connectivity index (χ4n) is 2.40. The van der Waals surface area contributed by atoms with Crippen LogP contribution in [0, 0.1) is 0 Å². The van der Waals surface area contributed by atoms with Crippen LogP contribution in [0.3, 0.4) is 0 Å². The number of rotatable bonds is 2. The molecule has 0 aliphatic carbocycles. The van der Waals surface area contributed by atoms with Gasteiger partial charge in [0.1, 0.15) is 5.69 Å². The Hall–Kier alpha value is -1.92. The number of piperazine rings is 1. The highest BCUT2D eigenvalue weighted by atomic mass is 35.5. The Balaban J connectivity index is 1.62. The zero-order valence-corrected chi connectivity index (χ0v) is 13.3. The highest BCUT2D eigenvalue weighted by Gasteiger charge is 2.26. The van der Waals surface area contributed by atoms with Crippen LogP contribution in [0.4, 0.5) is 0 Å². The lowest BCUT2D eigenvalue weighted by Gasteiger charge is -2.34. The molecule has 2 amide bonds. The number of amides is 2. The molecule has 1 aromatic heterocycles. The van der Waals surface area contributed by atoms with Crippen molar-refractivity contribution in [2.75, 3.05) is 26.2 Å². The number of hydrogen-bond acceptors (Lipinski definition) is 4. The molecule has 1 saturated heterocycles. The summed E-state index contributed by atoms with van der Waals surface area (Å²) in [4.78, 5) is 32.1. The van der Waals surface area contributed by atoms with E-state index in [1.807, 2.05) is 0 Å². The van der Waals surface area contributed by atoms with Gasteiger partial charge in [-0.15, -0.1) is 11.3 Å². The number of carbonyl (C=O) groups excluding carboxylic acids is 2. The quantitative estimate of drug-likeness (QED) is 0.846. The first-order chi connectivity index (χ1) is 10.6. The van der Waals surface area contributed by atoms with Crippen LogP contribution in [0.15, 0.2) is 35.2 Å². The molecule has 1 fully saturated rings. The molecule has 0 unspecified atom stereocenters. The molecule has 2 heterocycles. The molecule has 0 N–H and O–H groups in total. The molecular formula is C15H14ClN3O2S. The minimum Gasteiger partial charge on any atom is -0.335 e. The van der Waals surface area contributed by atoms with Crippen LogP contribution in [-0.2, 0) is 0 Å². The van der Waals surface area contributed by atoms with E-state index in [4.69, 9.17) is 11.6 Å². The predicted molar refractivity (Wildman–Crippen MR) is 85.4 cm³/mol. The Morgan fingerprint density at radius 1 is 1.09 bits per heavy atom. The van der Waals surface area contributed by atoms with E-state index >= 15 is 0 Å². The van der Waals surface area contributed by atoms with Crippen LogP contribution in [0.5, 0.6) is 0 Å². The van der Waals surface area contributed by atoms with Gasteiger partial charge in [-0.3, -0.25) is 9.59 Å². The number of nitrogens with zero attached hydrogens (tertiary/aromatic N) is 3. The van der Waals surface area contributed by atoms with Crippen molar-refractivity contribution in [3.8, 4) is 0 Å². The lowest BCUT2D eigenvalue weighted by atomic mass is 10.2. The minimum absolute atomic E-state index is 0.0525. The molecule has 0 spiro atoms. The number of halogens is 1. The Labute approximate surface area is 137 Å². The van der Waals surface area contributed by atoms with Gasteiger partial charge in [0.25, 0.3) is 11.8 Å². The first kappa shape index (κ1) is 15.0.